The molecule has 5 nitrogen and oxygen atoms in total. The van der Waals surface area contributed by atoms with Crippen molar-refractivity contribution in [3.8, 4) is 0 Å². The molecule has 2 heterocycles. The number of aryl methyl sites for hydroxylation is 1. The summed E-state index contributed by atoms with van der Waals surface area (Å²) in [5.74, 6) is 0. The molecule has 20 heavy (non-hydrogen) atoms. The van der Waals surface area contributed by atoms with Crippen LogP contribution in [0.15, 0.2) is 6.07 Å². The van der Waals surface area contributed by atoms with Crippen LogP contribution in [0.3, 0.4) is 0 Å². The molecule has 0 aromatic carbocycles. The lowest BCUT2D eigenvalue weighted by Gasteiger charge is -2.32. The monoisotopic (exact) mass is 280 g/mol. The molecular formula is C14H25BN2O3. The van der Waals surface area contributed by atoms with Gasteiger partial charge in [0.05, 0.1) is 11.2 Å². The van der Waals surface area contributed by atoms with Crippen LogP contribution in [0.5, 0.6) is 0 Å². The molecule has 1 fully saturated rings. The fourth-order valence-electron chi connectivity index (χ4n) is 1.82. The Morgan fingerprint density at radius 2 is 1.65 bits per heavy atom. The van der Waals surface area contributed by atoms with E-state index in [1.54, 1.807) is 6.07 Å². The van der Waals surface area contributed by atoms with Crippen LogP contribution in [0, 0.1) is 6.92 Å². The van der Waals surface area contributed by atoms with Crippen molar-refractivity contribution in [3.05, 3.63) is 17.3 Å². The van der Waals surface area contributed by atoms with E-state index >= 15 is 0 Å². The van der Waals surface area contributed by atoms with Gasteiger partial charge in [0.15, 0.2) is 6.29 Å². The van der Waals surface area contributed by atoms with E-state index in [1.165, 1.54) is 0 Å². The Bertz CT molecular complexity index is 453. The second-order valence-corrected chi connectivity index (χ2v) is 6.01. The molecule has 0 saturated carbocycles. The zero-order chi connectivity index (χ0) is 15.6. The van der Waals surface area contributed by atoms with E-state index < -0.39 is 7.12 Å². The summed E-state index contributed by atoms with van der Waals surface area (Å²) >= 11 is 0. The standard InChI is InChI=1S/C12H18BNO3.C2H7N/c1-8-9(7-15)6-10(14-8)13-16-11(2,3)12(4,5)17-13;1-3-2/h6-7,14H,1-5H3;3H,1-2H3. The van der Waals surface area contributed by atoms with Gasteiger partial charge in [0.1, 0.15) is 0 Å². The number of carbonyl (C=O) groups excluding carboxylic acids is 1. The average molecular weight is 280 g/mol. The van der Waals surface area contributed by atoms with Crippen LogP contribution in [0.1, 0.15) is 43.7 Å². The average Bonchev–Trinajstić information content (AvgIpc) is 2.78. The minimum absolute atomic E-state index is 0.363. The molecule has 1 aromatic heterocycles. The first-order chi connectivity index (χ1) is 9.18. The van der Waals surface area contributed by atoms with Crippen molar-refractivity contribution in [2.24, 2.45) is 0 Å². The van der Waals surface area contributed by atoms with Crippen LogP contribution in [0.4, 0.5) is 0 Å². The van der Waals surface area contributed by atoms with E-state index in [0.717, 1.165) is 17.6 Å². The summed E-state index contributed by atoms with van der Waals surface area (Å²) in [6.45, 7) is 9.87. The number of rotatable bonds is 2. The molecular weight excluding hydrogens is 255 g/mol. The minimum atomic E-state index is -0.438. The van der Waals surface area contributed by atoms with E-state index in [9.17, 15) is 4.79 Å². The summed E-state index contributed by atoms with van der Waals surface area (Å²) in [6.07, 6.45) is 0.834. The number of carbonyl (C=O) groups is 1. The van der Waals surface area contributed by atoms with Gasteiger partial charge in [0.25, 0.3) is 0 Å². The predicted octanol–water partition coefficient (Wildman–Crippen LogP) is 1.27. The molecule has 112 valence electrons. The lowest BCUT2D eigenvalue weighted by Crippen LogP contribution is -2.41. The Balaban J connectivity index is 0.000000612. The van der Waals surface area contributed by atoms with Crippen molar-refractivity contribution in [3.63, 3.8) is 0 Å². The maximum Gasteiger partial charge on any atom is 0.512 e. The van der Waals surface area contributed by atoms with Crippen LogP contribution in [-0.4, -0.2) is 43.7 Å². The van der Waals surface area contributed by atoms with Crippen molar-refractivity contribution in [1.29, 1.82) is 0 Å². The molecule has 2 N–H and O–H groups in total. The maximum atomic E-state index is 10.8. The number of aldehydes is 1. The molecule has 6 heteroatoms. The van der Waals surface area contributed by atoms with Gasteiger partial charge in [-0.2, -0.15) is 0 Å². The highest BCUT2D eigenvalue weighted by Crippen LogP contribution is 2.36. The molecule has 0 atom stereocenters. The summed E-state index contributed by atoms with van der Waals surface area (Å²) in [5, 5.41) is 2.75. The molecule has 1 aliphatic heterocycles. The van der Waals surface area contributed by atoms with E-state index in [4.69, 9.17) is 9.31 Å². The van der Waals surface area contributed by atoms with Gasteiger partial charge in [-0.25, -0.2) is 0 Å². The fourth-order valence-corrected chi connectivity index (χ4v) is 1.82. The highest BCUT2D eigenvalue weighted by atomic mass is 16.7. The molecule has 0 amide bonds. The number of H-pyrrole nitrogens is 1. The molecule has 1 aliphatic rings. The van der Waals surface area contributed by atoms with Crippen LogP contribution < -0.4 is 10.9 Å². The molecule has 1 saturated heterocycles. The van der Waals surface area contributed by atoms with E-state index in [2.05, 4.69) is 10.3 Å². The van der Waals surface area contributed by atoms with Crippen molar-refractivity contribution in [2.45, 2.75) is 45.8 Å². The molecule has 1 aromatic rings. The van der Waals surface area contributed by atoms with Gasteiger partial charge < -0.3 is 19.6 Å². The third kappa shape index (κ3) is 3.31. The summed E-state index contributed by atoms with van der Waals surface area (Å²) in [7, 11) is 3.31. The summed E-state index contributed by atoms with van der Waals surface area (Å²) in [4.78, 5) is 13.9. The van der Waals surface area contributed by atoms with Crippen molar-refractivity contribution >= 4 is 19.0 Å². The van der Waals surface area contributed by atoms with Crippen LogP contribution >= 0.6 is 0 Å². The first-order valence-corrected chi connectivity index (χ1v) is 6.77. The third-order valence-electron chi connectivity index (χ3n) is 3.71. The Morgan fingerprint density at radius 3 is 2.00 bits per heavy atom. The maximum absolute atomic E-state index is 10.8. The number of aromatic amines is 1. The smallest absolute Gasteiger partial charge is 0.398 e. The van der Waals surface area contributed by atoms with Gasteiger partial charge in [-0.15, -0.1) is 0 Å². The molecule has 0 bridgehead atoms. The lowest BCUT2D eigenvalue weighted by molar-refractivity contribution is 0.00578. The van der Waals surface area contributed by atoms with Gasteiger partial charge in [-0.05, 0) is 54.8 Å². The number of nitrogens with one attached hydrogen (secondary N) is 2. The lowest BCUT2D eigenvalue weighted by atomic mass is 9.85. The Morgan fingerprint density at radius 1 is 1.20 bits per heavy atom. The Labute approximate surface area is 121 Å². The minimum Gasteiger partial charge on any atom is -0.398 e. The first kappa shape index (κ1) is 16.9. The van der Waals surface area contributed by atoms with Crippen molar-refractivity contribution in [2.75, 3.05) is 14.1 Å². The topological polar surface area (TPSA) is 63.4 Å². The van der Waals surface area contributed by atoms with E-state index in [0.29, 0.717) is 5.56 Å². The van der Waals surface area contributed by atoms with Crippen LogP contribution in [-0.2, 0) is 9.31 Å². The SMILES string of the molecule is CNC.Cc1[nH]c(B2OC(C)(C)C(C)(C)O2)cc1C=O. The number of aromatic nitrogens is 1. The van der Waals surface area contributed by atoms with Crippen molar-refractivity contribution < 1.29 is 14.1 Å². The van der Waals surface area contributed by atoms with Crippen molar-refractivity contribution in [1.82, 2.24) is 10.3 Å². The molecule has 2 rings (SSSR count). The molecule has 0 aliphatic carbocycles. The van der Waals surface area contributed by atoms with Gasteiger partial charge >= 0.3 is 7.12 Å². The van der Waals surface area contributed by atoms with Gasteiger partial charge in [-0.3, -0.25) is 4.79 Å². The highest BCUT2D eigenvalue weighted by molar-refractivity contribution is 6.61. The summed E-state index contributed by atoms with van der Waals surface area (Å²) < 4.78 is 11.8. The van der Waals surface area contributed by atoms with E-state index in [-0.39, 0.29) is 11.2 Å². The first-order valence-electron chi connectivity index (χ1n) is 6.77. The Kier molecular flexibility index (Phi) is 5.18. The van der Waals surface area contributed by atoms with Gasteiger partial charge in [0, 0.05) is 16.9 Å². The highest BCUT2D eigenvalue weighted by Gasteiger charge is 2.52. The quantitative estimate of drug-likeness (QED) is 0.632. The zero-order valence-electron chi connectivity index (χ0n) is 13.5. The summed E-state index contributed by atoms with van der Waals surface area (Å²) in [6, 6.07) is 1.78. The molecule has 0 unspecified atom stereocenters. The van der Waals surface area contributed by atoms with Gasteiger partial charge in [0.2, 0.25) is 0 Å². The van der Waals surface area contributed by atoms with Crippen LogP contribution in [0.2, 0.25) is 0 Å². The normalized spacial score (nSPS) is 19.4. The van der Waals surface area contributed by atoms with Gasteiger partial charge in [-0.1, -0.05) is 0 Å². The Hall–Kier alpha value is -1.11. The molecule has 0 spiro atoms. The number of hydrogen-bond donors (Lipinski definition) is 2. The second-order valence-electron chi connectivity index (χ2n) is 6.01. The molecule has 0 radical (unpaired) electrons. The number of hydrogen-bond acceptors (Lipinski definition) is 4. The zero-order valence-corrected chi connectivity index (χ0v) is 13.5. The third-order valence-corrected chi connectivity index (χ3v) is 3.71. The second kappa shape index (κ2) is 6.12. The van der Waals surface area contributed by atoms with E-state index in [1.807, 2.05) is 48.7 Å². The van der Waals surface area contributed by atoms with Crippen LogP contribution in [0.25, 0.3) is 0 Å². The fraction of sp³-hybridized carbons (Fsp3) is 0.643. The summed E-state index contributed by atoms with van der Waals surface area (Å²) in [5.41, 5.74) is 1.55. The predicted molar refractivity (Wildman–Crippen MR) is 81.6 cm³/mol. The largest absolute Gasteiger partial charge is 0.512 e.